The molecule has 3 unspecified atom stereocenters. The lowest BCUT2D eigenvalue weighted by Gasteiger charge is -2.32. The second-order valence-electron chi connectivity index (χ2n) is 9.67. The first-order valence-corrected chi connectivity index (χ1v) is 12.5. The molecule has 3 heterocycles. The van der Waals surface area contributed by atoms with Gasteiger partial charge in [-0.3, -0.25) is 0 Å². The van der Waals surface area contributed by atoms with Crippen LogP contribution in [-0.2, 0) is 0 Å². The Morgan fingerprint density at radius 2 is 2.03 bits per heavy atom. The summed E-state index contributed by atoms with van der Waals surface area (Å²) in [6.07, 6.45) is 3.65. The molecule has 2 aliphatic rings. The molecule has 2 fully saturated rings. The Balaban J connectivity index is 1.59. The van der Waals surface area contributed by atoms with Gasteiger partial charge in [0.1, 0.15) is 11.2 Å². The van der Waals surface area contributed by atoms with Crippen molar-refractivity contribution in [2.75, 3.05) is 16.8 Å². The summed E-state index contributed by atoms with van der Waals surface area (Å²) in [5.74, 6) is -0.514. The molecule has 4 atom stereocenters. The summed E-state index contributed by atoms with van der Waals surface area (Å²) in [6.45, 7) is 4.27. The highest BCUT2D eigenvalue weighted by molar-refractivity contribution is 6.29. The maximum atomic E-state index is 11.7. The molecule has 0 spiro atoms. The van der Waals surface area contributed by atoms with Crippen molar-refractivity contribution in [3.63, 3.8) is 0 Å². The van der Waals surface area contributed by atoms with Gasteiger partial charge in [-0.05, 0) is 50.5 Å². The van der Waals surface area contributed by atoms with Crippen LogP contribution in [0.5, 0.6) is 0 Å². The van der Waals surface area contributed by atoms with Crippen molar-refractivity contribution in [2.45, 2.75) is 57.7 Å². The number of nitrogens with zero attached hydrogens (tertiary/aromatic N) is 5. The number of aliphatic hydroxyl groups is 1. The topological polar surface area (TPSA) is 135 Å². The fourth-order valence-electron chi connectivity index (χ4n) is 5.65. The van der Waals surface area contributed by atoms with Gasteiger partial charge in [0.2, 0.25) is 0 Å². The van der Waals surface area contributed by atoms with Gasteiger partial charge in [-0.1, -0.05) is 30.5 Å². The molecule has 1 saturated heterocycles. The maximum absolute atomic E-state index is 11.7. The maximum Gasteiger partial charge on any atom is 0.356 e. The molecule has 2 aromatic heterocycles. The third-order valence-corrected chi connectivity index (χ3v) is 7.48. The van der Waals surface area contributed by atoms with Gasteiger partial charge >= 0.3 is 5.97 Å². The number of fused-ring (bicyclic) bond motifs is 2. The van der Waals surface area contributed by atoms with Crippen molar-refractivity contribution in [3.05, 3.63) is 51.9 Å². The molecule has 1 aromatic carbocycles. The molecule has 1 saturated carbocycles. The number of pyridine rings is 1. The first kappa shape index (κ1) is 24.2. The molecule has 36 heavy (non-hydrogen) atoms. The minimum atomic E-state index is -1.18. The molecule has 9 nitrogen and oxygen atoms in total. The van der Waals surface area contributed by atoms with E-state index in [4.69, 9.17) is 16.6 Å². The molecule has 10 heteroatoms. The van der Waals surface area contributed by atoms with Crippen LogP contribution in [0.15, 0.2) is 24.3 Å². The van der Waals surface area contributed by atoms with Crippen molar-refractivity contribution >= 4 is 40.1 Å². The predicted octanol–water partition coefficient (Wildman–Crippen LogP) is 4.47. The summed E-state index contributed by atoms with van der Waals surface area (Å²) in [4.78, 5) is 27.4. The van der Waals surface area contributed by atoms with Gasteiger partial charge in [0.05, 0.1) is 28.9 Å². The number of aromatic carboxylic acids is 1. The van der Waals surface area contributed by atoms with Gasteiger partial charge in [0.25, 0.3) is 0 Å². The van der Waals surface area contributed by atoms with E-state index in [1.807, 2.05) is 26.0 Å². The monoisotopic (exact) mass is 506 g/mol. The smallest absolute Gasteiger partial charge is 0.356 e. The first-order chi connectivity index (χ1) is 17.3. The van der Waals surface area contributed by atoms with E-state index in [1.165, 1.54) is 6.07 Å². The molecule has 3 N–H and O–H groups in total. The zero-order chi connectivity index (χ0) is 25.6. The number of hydrogen-bond acceptors (Lipinski definition) is 8. The zero-order valence-corrected chi connectivity index (χ0v) is 20.8. The van der Waals surface area contributed by atoms with Crippen LogP contribution < -0.4 is 10.2 Å². The second-order valence-corrected chi connectivity index (χ2v) is 10.1. The Hall–Kier alpha value is -3.48. The van der Waals surface area contributed by atoms with Crippen molar-refractivity contribution in [1.29, 1.82) is 5.26 Å². The number of nitriles is 1. The summed E-state index contributed by atoms with van der Waals surface area (Å²) < 4.78 is 0. The van der Waals surface area contributed by atoms with Crippen LogP contribution >= 0.6 is 11.6 Å². The first-order valence-electron chi connectivity index (χ1n) is 12.1. The molecule has 186 valence electrons. The highest BCUT2D eigenvalue weighted by atomic mass is 35.5. The van der Waals surface area contributed by atoms with Crippen molar-refractivity contribution in [3.8, 4) is 6.07 Å². The van der Waals surface area contributed by atoms with Gasteiger partial charge in [0, 0.05) is 24.1 Å². The number of aryl methyl sites for hydroxylation is 1. The number of β-amino-alcohol motifs (C(OH)–C–C–N with tert-alkyl or cyclic N) is 1. The number of hydrogen-bond donors (Lipinski definition) is 3. The minimum Gasteiger partial charge on any atom is -0.476 e. The third kappa shape index (κ3) is 4.31. The fourth-order valence-corrected chi connectivity index (χ4v) is 5.79. The van der Waals surface area contributed by atoms with Crippen LogP contribution in [0.4, 0.5) is 11.5 Å². The van der Waals surface area contributed by atoms with Gasteiger partial charge in [0.15, 0.2) is 17.2 Å². The van der Waals surface area contributed by atoms with Crippen molar-refractivity contribution in [2.24, 2.45) is 5.92 Å². The number of halogens is 1. The van der Waals surface area contributed by atoms with Crippen LogP contribution in [-0.4, -0.2) is 49.8 Å². The average Bonchev–Trinajstić information content (AvgIpc) is 3.20. The molecule has 5 rings (SSSR count). The molecule has 0 bridgehead atoms. The highest BCUT2D eigenvalue weighted by Crippen LogP contribution is 2.40. The SMILES string of the molecule is Cc1cc([C@@H](C)Nc2ccc(Cl)nc2C(=O)O)c2nc(N3CC(O)C4CCCCC43)c(C#N)nc2c1. The molecular formula is C26H27ClN6O3. The van der Waals surface area contributed by atoms with Crippen LogP contribution in [0.2, 0.25) is 5.15 Å². The van der Waals surface area contributed by atoms with Crippen molar-refractivity contribution < 1.29 is 15.0 Å². The Bertz CT molecular complexity index is 1390. The summed E-state index contributed by atoms with van der Waals surface area (Å²) in [5, 5.41) is 33.6. The fraction of sp³-hybridized carbons (Fsp3) is 0.423. The van der Waals surface area contributed by atoms with E-state index in [0.29, 0.717) is 29.1 Å². The number of nitrogens with one attached hydrogen (secondary N) is 1. The minimum absolute atomic E-state index is 0.0972. The van der Waals surface area contributed by atoms with E-state index >= 15 is 0 Å². The van der Waals surface area contributed by atoms with Crippen molar-refractivity contribution in [1.82, 2.24) is 15.0 Å². The van der Waals surface area contributed by atoms with Gasteiger partial charge < -0.3 is 20.4 Å². The van der Waals surface area contributed by atoms with E-state index < -0.39 is 12.1 Å². The van der Waals surface area contributed by atoms with Crippen LogP contribution in [0.3, 0.4) is 0 Å². The quantitative estimate of drug-likeness (QED) is 0.428. The highest BCUT2D eigenvalue weighted by Gasteiger charge is 2.43. The summed E-state index contributed by atoms with van der Waals surface area (Å²) in [5.41, 5.74) is 3.38. The van der Waals surface area contributed by atoms with Gasteiger partial charge in [-0.25, -0.2) is 19.7 Å². The number of rotatable bonds is 5. The molecule has 1 aliphatic heterocycles. The molecular weight excluding hydrogens is 480 g/mol. The van der Waals surface area contributed by atoms with E-state index in [0.717, 1.165) is 36.8 Å². The number of carboxylic acids is 1. The Morgan fingerprint density at radius 3 is 2.78 bits per heavy atom. The molecule has 1 aliphatic carbocycles. The third-order valence-electron chi connectivity index (χ3n) is 7.27. The number of benzene rings is 1. The lowest BCUT2D eigenvalue weighted by atomic mass is 9.84. The second kappa shape index (κ2) is 9.52. The summed E-state index contributed by atoms with van der Waals surface area (Å²) in [6, 6.07) is 8.99. The van der Waals surface area contributed by atoms with Gasteiger partial charge in [-0.15, -0.1) is 0 Å². The normalized spacial score (nSPS) is 22.2. The lowest BCUT2D eigenvalue weighted by molar-refractivity contribution is 0.0691. The van der Waals surface area contributed by atoms with E-state index in [-0.39, 0.29) is 34.5 Å². The average molecular weight is 507 g/mol. The lowest BCUT2D eigenvalue weighted by Crippen LogP contribution is -2.36. The standard InChI is InChI=1S/C26H27ClN6O3/c1-13-9-16(14(2)29-17-7-8-22(27)31-24(17)26(35)36)23-18(10-13)30-19(11-28)25(32-23)33-12-21(34)15-5-3-4-6-20(15)33/h7-10,14-15,20-21,29,34H,3-6,12H2,1-2H3,(H,35,36)/t14-,15?,20?,21?/m1/s1. The van der Waals surface area contributed by atoms with Crippen LogP contribution in [0.1, 0.15) is 66.0 Å². The largest absolute Gasteiger partial charge is 0.476 e. The number of carboxylic acid groups (broad SMARTS) is 1. The molecule has 0 radical (unpaired) electrons. The van der Waals surface area contributed by atoms with E-state index in [9.17, 15) is 20.3 Å². The van der Waals surface area contributed by atoms with Gasteiger partial charge in [-0.2, -0.15) is 5.26 Å². The number of carbonyl (C=O) groups is 1. The molecule has 3 aromatic rings. The Labute approximate surface area is 213 Å². The van der Waals surface area contributed by atoms with Crippen LogP contribution in [0, 0.1) is 24.2 Å². The summed E-state index contributed by atoms with van der Waals surface area (Å²) >= 11 is 5.91. The van der Waals surface area contributed by atoms with E-state index in [1.54, 1.807) is 6.07 Å². The van der Waals surface area contributed by atoms with E-state index in [2.05, 4.69) is 26.3 Å². The van der Waals surface area contributed by atoms with Crippen LogP contribution in [0.25, 0.3) is 11.0 Å². The number of aromatic nitrogens is 3. The molecule has 0 amide bonds. The Kier molecular flexibility index (Phi) is 6.41. The zero-order valence-electron chi connectivity index (χ0n) is 20.1. The number of anilines is 2. The number of aliphatic hydroxyl groups excluding tert-OH is 1. The summed E-state index contributed by atoms with van der Waals surface area (Å²) in [7, 11) is 0. The predicted molar refractivity (Wildman–Crippen MR) is 136 cm³/mol. The Morgan fingerprint density at radius 1 is 1.25 bits per heavy atom.